The summed E-state index contributed by atoms with van der Waals surface area (Å²) in [7, 11) is 0. The number of esters is 1. The minimum absolute atomic E-state index is 0.0140. The van der Waals surface area contributed by atoms with Gasteiger partial charge in [-0.3, -0.25) is 4.79 Å². The Morgan fingerprint density at radius 2 is 1.68 bits per heavy atom. The monoisotopic (exact) mass is 542 g/mol. The van der Waals surface area contributed by atoms with Gasteiger partial charge in [0.15, 0.2) is 0 Å². The van der Waals surface area contributed by atoms with E-state index in [9.17, 15) is 4.79 Å². The van der Waals surface area contributed by atoms with Crippen LogP contribution in [0.5, 0.6) is 0 Å². The molecular weight excluding hydrogens is 495 g/mol. The standard InChI is InChI=1S/C28H47IO2/c1-18(7-12-25(30)31-26(2,3)4)22-10-11-23-21-9-8-19-17-20(29)13-15-27(19,5)24(21)14-16-28(22,23)6/h18-24H,7-17H2,1-6H3/t18-,19-,20-,21+,22?,23+,24+,27+,28-/m1/s1. The summed E-state index contributed by atoms with van der Waals surface area (Å²) in [4.78, 5) is 12.3. The third kappa shape index (κ3) is 4.61. The second-order valence-electron chi connectivity index (χ2n) is 13.4. The summed E-state index contributed by atoms with van der Waals surface area (Å²) < 4.78 is 6.50. The Kier molecular flexibility index (Phi) is 6.88. The molecule has 9 atom stereocenters. The maximum Gasteiger partial charge on any atom is 0.306 e. The van der Waals surface area contributed by atoms with E-state index in [4.69, 9.17) is 4.74 Å². The van der Waals surface area contributed by atoms with Gasteiger partial charge >= 0.3 is 5.97 Å². The Labute approximate surface area is 205 Å². The number of carbonyl (C=O) groups is 1. The van der Waals surface area contributed by atoms with Crippen molar-refractivity contribution in [2.75, 3.05) is 0 Å². The Bertz CT molecular complexity index is 668. The molecule has 0 aliphatic heterocycles. The van der Waals surface area contributed by atoms with E-state index >= 15 is 0 Å². The van der Waals surface area contributed by atoms with Gasteiger partial charge in [0.1, 0.15) is 5.60 Å². The fraction of sp³-hybridized carbons (Fsp3) is 0.964. The van der Waals surface area contributed by atoms with Crippen molar-refractivity contribution in [2.24, 2.45) is 46.3 Å². The third-order valence-electron chi connectivity index (χ3n) is 10.6. The van der Waals surface area contributed by atoms with Crippen LogP contribution in [0.4, 0.5) is 0 Å². The van der Waals surface area contributed by atoms with Crippen LogP contribution in [-0.2, 0) is 9.53 Å². The molecule has 0 aromatic heterocycles. The van der Waals surface area contributed by atoms with E-state index in [1.165, 1.54) is 57.8 Å². The first kappa shape index (κ1) is 24.3. The summed E-state index contributed by atoms with van der Waals surface area (Å²) in [6.07, 6.45) is 14.7. The number of halogens is 1. The Morgan fingerprint density at radius 1 is 1.00 bits per heavy atom. The highest BCUT2D eigenvalue weighted by atomic mass is 127. The predicted molar refractivity (Wildman–Crippen MR) is 137 cm³/mol. The van der Waals surface area contributed by atoms with Gasteiger partial charge < -0.3 is 4.74 Å². The zero-order valence-corrected chi connectivity index (χ0v) is 23.2. The molecule has 0 amide bonds. The van der Waals surface area contributed by atoms with Crippen molar-refractivity contribution in [3.8, 4) is 0 Å². The van der Waals surface area contributed by atoms with Crippen LogP contribution in [0.3, 0.4) is 0 Å². The zero-order chi connectivity index (χ0) is 22.6. The summed E-state index contributed by atoms with van der Waals surface area (Å²) in [6.45, 7) is 13.7. The van der Waals surface area contributed by atoms with Crippen molar-refractivity contribution in [1.82, 2.24) is 0 Å². The molecule has 0 spiro atoms. The highest BCUT2D eigenvalue weighted by molar-refractivity contribution is 14.1. The largest absolute Gasteiger partial charge is 0.460 e. The first-order chi connectivity index (χ1) is 14.4. The van der Waals surface area contributed by atoms with Gasteiger partial charge in [-0.25, -0.2) is 0 Å². The van der Waals surface area contributed by atoms with E-state index in [2.05, 4.69) is 43.4 Å². The van der Waals surface area contributed by atoms with Gasteiger partial charge in [0.2, 0.25) is 0 Å². The molecule has 1 unspecified atom stereocenters. The molecule has 4 saturated carbocycles. The molecule has 4 rings (SSSR count). The summed E-state index contributed by atoms with van der Waals surface area (Å²) in [5, 5.41) is 0. The number of hydrogen-bond donors (Lipinski definition) is 0. The Balaban J connectivity index is 1.42. The van der Waals surface area contributed by atoms with E-state index in [-0.39, 0.29) is 11.6 Å². The molecule has 0 heterocycles. The molecule has 4 aliphatic carbocycles. The van der Waals surface area contributed by atoms with E-state index in [1.54, 1.807) is 0 Å². The van der Waals surface area contributed by atoms with Crippen LogP contribution in [0.25, 0.3) is 0 Å². The van der Waals surface area contributed by atoms with Gasteiger partial charge in [-0.1, -0.05) is 43.4 Å². The molecule has 4 fully saturated rings. The number of fused-ring (bicyclic) bond motifs is 5. The van der Waals surface area contributed by atoms with Crippen molar-refractivity contribution in [3.63, 3.8) is 0 Å². The molecule has 31 heavy (non-hydrogen) atoms. The fourth-order valence-corrected chi connectivity index (χ4v) is 10.0. The third-order valence-corrected chi connectivity index (χ3v) is 11.7. The lowest BCUT2D eigenvalue weighted by Gasteiger charge is -2.61. The summed E-state index contributed by atoms with van der Waals surface area (Å²) in [5.41, 5.74) is 0.749. The molecule has 0 radical (unpaired) electrons. The zero-order valence-electron chi connectivity index (χ0n) is 21.0. The van der Waals surface area contributed by atoms with Gasteiger partial charge in [0.25, 0.3) is 0 Å². The number of rotatable bonds is 4. The second kappa shape index (κ2) is 8.77. The lowest BCUT2D eigenvalue weighted by Crippen LogP contribution is -2.53. The quantitative estimate of drug-likeness (QED) is 0.203. The van der Waals surface area contributed by atoms with Crippen molar-refractivity contribution in [2.45, 2.75) is 122 Å². The molecule has 0 N–H and O–H groups in total. The lowest BCUT2D eigenvalue weighted by atomic mass is 9.44. The fourth-order valence-electron chi connectivity index (χ4n) is 9.12. The maximum atomic E-state index is 12.3. The van der Waals surface area contributed by atoms with Gasteiger partial charge in [-0.05, 0) is 131 Å². The first-order valence-electron chi connectivity index (χ1n) is 13.3. The van der Waals surface area contributed by atoms with Crippen LogP contribution < -0.4 is 0 Å². The number of hydrogen-bond acceptors (Lipinski definition) is 2. The molecular formula is C28H47IO2. The highest BCUT2D eigenvalue weighted by Crippen LogP contribution is 2.68. The molecule has 0 aromatic rings. The van der Waals surface area contributed by atoms with E-state index in [0.29, 0.717) is 23.2 Å². The van der Waals surface area contributed by atoms with Crippen LogP contribution in [0.2, 0.25) is 0 Å². The van der Waals surface area contributed by atoms with Crippen LogP contribution in [0.1, 0.15) is 112 Å². The van der Waals surface area contributed by atoms with Crippen molar-refractivity contribution in [1.29, 1.82) is 0 Å². The summed E-state index contributed by atoms with van der Waals surface area (Å²) >= 11 is 2.72. The Morgan fingerprint density at radius 3 is 2.39 bits per heavy atom. The molecule has 178 valence electrons. The highest BCUT2D eigenvalue weighted by Gasteiger charge is 2.60. The Hall–Kier alpha value is 0.200. The van der Waals surface area contributed by atoms with Crippen molar-refractivity contribution < 1.29 is 9.53 Å². The van der Waals surface area contributed by atoms with Gasteiger partial charge in [0.05, 0.1) is 0 Å². The molecule has 0 bridgehead atoms. The molecule has 0 aromatic carbocycles. The van der Waals surface area contributed by atoms with E-state index < -0.39 is 0 Å². The van der Waals surface area contributed by atoms with Crippen LogP contribution in [0, 0.1) is 46.3 Å². The van der Waals surface area contributed by atoms with Gasteiger partial charge in [-0.15, -0.1) is 0 Å². The second-order valence-corrected chi connectivity index (χ2v) is 15.1. The van der Waals surface area contributed by atoms with Gasteiger partial charge in [0, 0.05) is 10.3 Å². The topological polar surface area (TPSA) is 26.3 Å². The lowest BCUT2D eigenvalue weighted by molar-refractivity contribution is -0.155. The number of ether oxygens (including phenoxy) is 1. The maximum absolute atomic E-state index is 12.3. The first-order valence-corrected chi connectivity index (χ1v) is 14.5. The smallest absolute Gasteiger partial charge is 0.306 e. The molecule has 4 aliphatic rings. The van der Waals surface area contributed by atoms with Crippen molar-refractivity contribution in [3.05, 3.63) is 0 Å². The molecule has 3 heteroatoms. The van der Waals surface area contributed by atoms with Gasteiger partial charge in [-0.2, -0.15) is 0 Å². The number of carbonyl (C=O) groups excluding carboxylic acids is 1. The molecule has 0 saturated heterocycles. The average Bonchev–Trinajstić information content (AvgIpc) is 3.02. The normalized spacial score (nSPS) is 45.9. The number of alkyl halides is 1. The minimum Gasteiger partial charge on any atom is -0.460 e. The van der Waals surface area contributed by atoms with Crippen molar-refractivity contribution >= 4 is 28.6 Å². The predicted octanol–water partition coefficient (Wildman–Crippen LogP) is 8.21. The van der Waals surface area contributed by atoms with E-state index in [1.807, 2.05) is 20.8 Å². The summed E-state index contributed by atoms with van der Waals surface area (Å²) in [6, 6.07) is 0. The van der Waals surface area contributed by atoms with Crippen LogP contribution in [-0.4, -0.2) is 15.5 Å². The molecule has 2 nitrogen and oxygen atoms in total. The average molecular weight is 543 g/mol. The van der Waals surface area contributed by atoms with Crippen LogP contribution in [0.15, 0.2) is 0 Å². The summed E-state index contributed by atoms with van der Waals surface area (Å²) in [5.74, 6) is 5.25. The SMILES string of the molecule is C[C@H](CCC(=O)OC(C)(C)C)C1CC[C@H]2[C@@H]3CC[C@@H]4C[C@H](I)CC[C@]4(C)[C@H]3CC[C@]12C. The van der Waals surface area contributed by atoms with E-state index in [0.717, 1.165) is 39.9 Å². The van der Waals surface area contributed by atoms with Crippen LogP contribution >= 0.6 is 22.6 Å². The minimum atomic E-state index is -0.367.